The van der Waals surface area contributed by atoms with E-state index in [4.69, 9.17) is 9.73 Å². The van der Waals surface area contributed by atoms with Crippen molar-refractivity contribution in [2.75, 3.05) is 0 Å². The van der Waals surface area contributed by atoms with Gasteiger partial charge >= 0.3 is 0 Å². The molecule has 1 aliphatic carbocycles. The number of benzene rings is 10. The maximum absolute atomic E-state index is 7.22. The Bertz CT molecular complexity index is 4260. The second-order valence-corrected chi connectivity index (χ2v) is 19.3. The Morgan fingerprint density at radius 3 is 1.97 bits per heavy atom. The van der Waals surface area contributed by atoms with Crippen LogP contribution in [0.15, 0.2) is 235 Å². The summed E-state index contributed by atoms with van der Waals surface area (Å²) in [6, 6.07) is 76.8. The summed E-state index contributed by atoms with van der Waals surface area (Å²) in [6.45, 7) is 2.26. The number of aliphatic imine (C=N–C) groups is 1. The molecule has 0 radical (unpaired) electrons. The monoisotopic (exact) mass is 899 g/mol. The first-order valence-electron chi connectivity index (χ1n) is 24.3. The Labute approximate surface area is 404 Å². The maximum atomic E-state index is 7.22. The molecule has 3 aliphatic rings. The van der Waals surface area contributed by atoms with E-state index in [1.165, 1.54) is 64.9 Å². The SMILES string of the molecule is CC12C=C(C3NC(c4ccc5c(c4)c4ccccc4n5-c4ccccc4)=NC(c4ccccc4)N3)C(n3c4cc5ccccc5cc4c4c5ccccc5ccc43)=CC1c1c(ccc3ccccc13)O2. The minimum atomic E-state index is -0.692. The fourth-order valence-corrected chi connectivity index (χ4v) is 12.1. The summed E-state index contributed by atoms with van der Waals surface area (Å²) in [6.07, 6.45) is 4.18. The molecule has 4 unspecified atom stereocenters. The Kier molecular flexibility index (Phi) is 8.36. The number of ether oxygens (including phenoxy) is 1. The van der Waals surface area contributed by atoms with Gasteiger partial charge in [0.25, 0.3) is 0 Å². The summed E-state index contributed by atoms with van der Waals surface area (Å²) in [5, 5.41) is 20.2. The molecule has 2 N–H and O–H groups in total. The van der Waals surface area contributed by atoms with Crippen LogP contribution in [0.1, 0.15) is 35.7 Å². The second kappa shape index (κ2) is 14.9. The number of nitrogens with one attached hydrogen (secondary N) is 2. The number of rotatable bonds is 5. The van der Waals surface area contributed by atoms with Crippen LogP contribution in [0.2, 0.25) is 0 Å². The highest BCUT2D eigenvalue weighted by Crippen LogP contribution is 2.54. The van der Waals surface area contributed by atoms with Crippen molar-refractivity contribution in [3.8, 4) is 11.4 Å². The first-order chi connectivity index (χ1) is 34.5. The lowest BCUT2D eigenvalue weighted by Gasteiger charge is -2.39. The van der Waals surface area contributed by atoms with Crippen LogP contribution < -0.4 is 15.4 Å². The molecular formula is C64H45N5O. The van der Waals surface area contributed by atoms with Gasteiger partial charge in [-0.05, 0) is 118 Å². The number of para-hydroxylation sites is 2. The van der Waals surface area contributed by atoms with Crippen LogP contribution in [0.5, 0.6) is 5.75 Å². The number of nitrogens with zero attached hydrogens (tertiary/aromatic N) is 3. The van der Waals surface area contributed by atoms with Crippen molar-refractivity contribution >= 4 is 87.5 Å². The van der Waals surface area contributed by atoms with Gasteiger partial charge in [0.2, 0.25) is 0 Å². The van der Waals surface area contributed by atoms with E-state index in [9.17, 15) is 0 Å². The Morgan fingerprint density at radius 1 is 0.514 bits per heavy atom. The highest BCUT2D eigenvalue weighted by Gasteiger charge is 2.48. The second-order valence-electron chi connectivity index (χ2n) is 19.3. The molecule has 2 aromatic heterocycles. The smallest absolute Gasteiger partial charge is 0.136 e. The quantitative estimate of drug-likeness (QED) is 0.181. The fourth-order valence-electron chi connectivity index (χ4n) is 12.1. The number of hydrogen-bond donors (Lipinski definition) is 2. The lowest BCUT2D eigenvalue weighted by molar-refractivity contribution is 0.153. The number of hydrogen-bond acceptors (Lipinski definition) is 4. The largest absolute Gasteiger partial charge is 0.482 e. The molecule has 0 saturated heterocycles. The first-order valence-corrected chi connectivity index (χ1v) is 24.3. The average Bonchev–Trinajstić information content (AvgIpc) is 4.04. The van der Waals surface area contributed by atoms with Gasteiger partial charge in [0.1, 0.15) is 29.5 Å². The van der Waals surface area contributed by atoms with Crippen LogP contribution >= 0.6 is 0 Å². The molecule has 332 valence electrons. The van der Waals surface area contributed by atoms with Gasteiger partial charge in [-0.3, -0.25) is 5.32 Å². The molecule has 10 aromatic carbocycles. The minimum absolute atomic E-state index is 0.0771. The molecule has 6 heteroatoms. The third-order valence-corrected chi connectivity index (χ3v) is 15.3. The number of fused-ring (bicyclic) bond motifs is 14. The van der Waals surface area contributed by atoms with Crippen LogP contribution in [0.3, 0.4) is 0 Å². The molecule has 6 nitrogen and oxygen atoms in total. The maximum Gasteiger partial charge on any atom is 0.136 e. The predicted octanol–water partition coefficient (Wildman–Crippen LogP) is 14.7. The third-order valence-electron chi connectivity index (χ3n) is 15.3. The fraction of sp³-hybridized carbons (Fsp3) is 0.0781. The molecule has 70 heavy (non-hydrogen) atoms. The van der Waals surface area contributed by atoms with E-state index in [0.29, 0.717) is 0 Å². The van der Waals surface area contributed by atoms with Crippen LogP contribution in [-0.2, 0) is 0 Å². The molecule has 12 aromatic rings. The van der Waals surface area contributed by atoms with Gasteiger partial charge in [-0.1, -0.05) is 152 Å². The van der Waals surface area contributed by atoms with Gasteiger partial charge in [0, 0.05) is 49.6 Å². The molecule has 0 spiro atoms. The topological polar surface area (TPSA) is 55.5 Å². The molecule has 2 aliphatic heterocycles. The minimum Gasteiger partial charge on any atom is -0.482 e. The van der Waals surface area contributed by atoms with Crippen molar-refractivity contribution in [3.63, 3.8) is 0 Å². The van der Waals surface area contributed by atoms with Gasteiger partial charge in [-0.15, -0.1) is 0 Å². The average molecular weight is 900 g/mol. The summed E-state index contributed by atoms with van der Waals surface area (Å²) in [4.78, 5) is 5.53. The van der Waals surface area contributed by atoms with E-state index >= 15 is 0 Å². The summed E-state index contributed by atoms with van der Waals surface area (Å²) in [5.74, 6) is 1.67. The van der Waals surface area contributed by atoms with Gasteiger partial charge < -0.3 is 19.2 Å². The zero-order valence-corrected chi connectivity index (χ0v) is 38.3. The predicted molar refractivity (Wildman–Crippen MR) is 289 cm³/mol. The van der Waals surface area contributed by atoms with E-state index in [1.807, 2.05) is 0 Å². The molecule has 0 saturated carbocycles. The van der Waals surface area contributed by atoms with Crippen molar-refractivity contribution in [1.82, 2.24) is 19.8 Å². The summed E-state index contributed by atoms with van der Waals surface area (Å²) in [5.41, 5.74) is 10.6. The van der Waals surface area contributed by atoms with Gasteiger partial charge in [-0.25, -0.2) is 4.99 Å². The van der Waals surface area contributed by atoms with Crippen molar-refractivity contribution < 1.29 is 4.74 Å². The van der Waals surface area contributed by atoms with E-state index < -0.39 is 5.60 Å². The van der Waals surface area contributed by atoms with Gasteiger partial charge in [0.05, 0.1) is 28.0 Å². The van der Waals surface area contributed by atoms with Crippen LogP contribution in [-0.4, -0.2) is 26.7 Å². The van der Waals surface area contributed by atoms with Crippen molar-refractivity contribution in [1.29, 1.82) is 0 Å². The van der Waals surface area contributed by atoms with E-state index in [0.717, 1.165) is 56.2 Å². The number of aromatic nitrogens is 2. The highest BCUT2D eigenvalue weighted by molar-refractivity contribution is 6.24. The lowest BCUT2D eigenvalue weighted by atomic mass is 9.77. The first kappa shape index (κ1) is 39.3. The molecule has 15 rings (SSSR count). The molecule has 0 fully saturated rings. The Hall–Kier alpha value is -8.71. The van der Waals surface area contributed by atoms with Crippen LogP contribution in [0.25, 0.3) is 87.3 Å². The standard InChI is InChI=1S/C64H45N5O/c1-64-38-51(63-66-61(41-18-4-2-5-19-41)65-62(67-63)44-29-31-54-49(35-44)48-26-14-15-27-53(48)68(54)45-22-6-3-7-23-45)57(37-52(64)60-47-25-13-11-17-40(47)30-33-58(60)70-64)69-55-32-28-39-16-10-12-24-46(39)59(55)50-34-42-20-8-9-21-43(42)36-56(50)69/h2-38,52,61,63,66H,1H3,(H,65,67). The van der Waals surface area contributed by atoms with Crippen molar-refractivity contribution in [2.45, 2.75) is 30.8 Å². The van der Waals surface area contributed by atoms with Crippen LogP contribution in [0.4, 0.5) is 0 Å². The molecule has 0 bridgehead atoms. The molecule has 4 heterocycles. The Morgan fingerprint density at radius 2 is 1.16 bits per heavy atom. The zero-order valence-electron chi connectivity index (χ0n) is 38.3. The third kappa shape index (κ3) is 5.80. The molecule has 0 amide bonds. The molecular weight excluding hydrogens is 855 g/mol. The van der Waals surface area contributed by atoms with Gasteiger partial charge in [-0.2, -0.15) is 0 Å². The van der Waals surface area contributed by atoms with Crippen molar-refractivity contribution in [2.24, 2.45) is 4.99 Å². The van der Waals surface area contributed by atoms with Gasteiger partial charge in [0.15, 0.2) is 0 Å². The van der Waals surface area contributed by atoms with E-state index in [-0.39, 0.29) is 18.2 Å². The lowest BCUT2D eigenvalue weighted by Crippen LogP contribution is -2.53. The van der Waals surface area contributed by atoms with E-state index in [2.05, 4.69) is 251 Å². The van der Waals surface area contributed by atoms with E-state index in [1.54, 1.807) is 0 Å². The van der Waals surface area contributed by atoms with Crippen molar-refractivity contribution in [3.05, 3.63) is 247 Å². The zero-order chi connectivity index (χ0) is 46.1. The molecule has 4 atom stereocenters. The number of amidine groups is 1. The van der Waals surface area contributed by atoms with Crippen LogP contribution in [0, 0.1) is 0 Å². The summed E-state index contributed by atoms with van der Waals surface area (Å²) >= 11 is 0. The normalized spacial score (nSPS) is 19.8. The Balaban J connectivity index is 0.969. The summed E-state index contributed by atoms with van der Waals surface area (Å²) in [7, 11) is 0. The summed E-state index contributed by atoms with van der Waals surface area (Å²) < 4.78 is 12.1. The highest BCUT2D eigenvalue weighted by atomic mass is 16.5.